The second-order valence-electron chi connectivity index (χ2n) is 6.44. The van der Waals surface area contributed by atoms with E-state index in [1.54, 1.807) is 11.8 Å². The molecule has 5 heteroatoms. The third-order valence-corrected chi connectivity index (χ3v) is 5.57. The first-order valence-corrected chi connectivity index (χ1v) is 9.90. The molecule has 1 aliphatic rings. The van der Waals surface area contributed by atoms with Crippen molar-refractivity contribution in [3.05, 3.63) is 46.8 Å². The normalized spacial score (nSPS) is 15.3. The first kappa shape index (κ1) is 19.6. The number of piperidine rings is 1. The van der Waals surface area contributed by atoms with Gasteiger partial charge in [0.2, 0.25) is 5.95 Å². The topological polar surface area (TPSA) is 55.0 Å². The largest absolute Gasteiger partial charge is 0.398 e. The van der Waals surface area contributed by atoms with Crippen molar-refractivity contribution in [3.8, 4) is 0 Å². The van der Waals surface area contributed by atoms with E-state index in [1.165, 1.54) is 24.8 Å². The van der Waals surface area contributed by atoms with Crippen LogP contribution in [0.15, 0.2) is 29.8 Å². The van der Waals surface area contributed by atoms with Crippen LogP contribution in [0, 0.1) is 6.92 Å². The lowest BCUT2D eigenvalue weighted by molar-refractivity contribution is 0.567. The lowest BCUT2D eigenvalue weighted by Crippen LogP contribution is -2.31. The van der Waals surface area contributed by atoms with Crippen LogP contribution >= 0.6 is 11.8 Å². The van der Waals surface area contributed by atoms with Crippen LogP contribution in [0.3, 0.4) is 0 Å². The van der Waals surface area contributed by atoms with Crippen molar-refractivity contribution >= 4 is 22.6 Å². The first-order valence-electron chi connectivity index (χ1n) is 9.08. The Morgan fingerprint density at radius 3 is 2.48 bits per heavy atom. The van der Waals surface area contributed by atoms with Crippen molar-refractivity contribution in [1.29, 1.82) is 0 Å². The first-order chi connectivity index (χ1) is 12.0. The fourth-order valence-electron chi connectivity index (χ4n) is 3.09. The Kier molecular flexibility index (Phi) is 7.12. The number of nitrogens with two attached hydrogens (primary N) is 1. The number of anilines is 1. The van der Waals surface area contributed by atoms with Crippen LogP contribution < -0.4 is 10.6 Å². The fraction of sp³-hybridized carbons (Fsp3) is 0.500. The highest BCUT2D eigenvalue weighted by atomic mass is 32.2. The van der Waals surface area contributed by atoms with Crippen LogP contribution in [0.5, 0.6) is 0 Å². The van der Waals surface area contributed by atoms with Gasteiger partial charge in [-0.3, -0.25) is 0 Å². The van der Waals surface area contributed by atoms with E-state index in [0.717, 1.165) is 53.1 Å². The summed E-state index contributed by atoms with van der Waals surface area (Å²) in [6, 6.07) is 0. The summed E-state index contributed by atoms with van der Waals surface area (Å²) >= 11 is 1.54. The highest BCUT2D eigenvalue weighted by Crippen LogP contribution is 2.36. The quantitative estimate of drug-likeness (QED) is 0.709. The van der Waals surface area contributed by atoms with Crippen molar-refractivity contribution in [1.82, 2.24) is 9.97 Å². The van der Waals surface area contributed by atoms with Crippen molar-refractivity contribution in [2.45, 2.75) is 52.9 Å². The Balaban J connectivity index is 2.39. The van der Waals surface area contributed by atoms with E-state index < -0.39 is 0 Å². The zero-order valence-corrected chi connectivity index (χ0v) is 16.6. The summed E-state index contributed by atoms with van der Waals surface area (Å²) in [6.07, 6.45) is 7.69. The van der Waals surface area contributed by atoms with Crippen LogP contribution in [-0.4, -0.2) is 23.1 Å². The van der Waals surface area contributed by atoms with Crippen LogP contribution in [-0.2, 0) is 6.42 Å². The summed E-state index contributed by atoms with van der Waals surface area (Å²) in [7, 11) is 0. The van der Waals surface area contributed by atoms with Gasteiger partial charge in [-0.1, -0.05) is 44.3 Å². The molecule has 0 unspecified atom stereocenters. The number of rotatable bonds is 7. The molecule has 0 saturated carbocycles. The summed E-state index contributed by atoms with van der Waals surface area (Å²) in [6.45, 7) is 16.4. The molecule has 1 saturated heterocycles. The molecule has 25 heavy (non-hydrogen) atoms. The Hall–Kier alpha value is -1.75. The molecule has 0 spiro atoms. The summed E-state index contributed by atoms with van der Waals surface area (Å²) in [4.78, 5) is 13.9. The molecule has 4 nitrogen and oxygen atoms in total. The Bertz CT molecular complexity index is 673. The molecule has 2 rings (SSSR count). The van der Waals surface area contributed by atoms with Gasteiger partial charge in [0.1, 0.15) is 0 Å². The number of hydrogen-bond donors (Lipinski definition) is 1. The maximum Gasteiger partial charge on any atom is 0.226 e. The second kappa shape index (κ2) is 9.09. The summed E-state index contributed by atoms with van der Waals surface area (Å²) in [5.74, 6) is 0.836. The number of hydrogen-bond acceptors (Lipinski definition) is 5. The van der Waals surface area contributed by atoms with Gasteiger partial charge in [-0.25, -0.2) is 9.97 Å². The minimum absolute atomic E-state index is 0.563. The number of aromatic nitrogens is 2. The van der Waals surface area contributed by atoms with E-state index in [0.29, 0.717) is 5.70 Å². The highest BCUT2D eigenvalue weighted by molar-refractivity contribution is 8.11. The van der Waals surface area contributed by atoms with E-state index in [1.807, 2.05) is 13.0 Å². The Labute approximate surface area is 156 Å². The van der Waals surface area contributed by atoms with Gasteiger partial charge in [-0.05, 0) is 39.5 Å². The third-order valence-electron chi connectivity index (χ3n) is 4.42. The van der Waals surface area contributed by atoms with Gasteiger partial charge in [0, 0.05) is 39.9 Å². The smallest absolute Gasteiger partial charge is 0.226 e. The molecule has 2 heterocycles. The monoisotopic (exact) mass is 358 g/mol. The molecule has 0 aromatic carbocycles. The van der Waals surface area contributed by atoms with E-state index in [4.69, 9.17) is 15.7 Å². The van der Waals surface area contributed by atoms with E-state index >= 15 is 0 Å². The van der Waals surface area contributed by atoms with Gasteiger partial charge in [0.25, 0.3) is 0 Å². The zero-order valence-electron chi connectivity index (χ0n) is 15.8. The van der Waals surface area contributed by atoms with Crippen LogP contribution in [0.2, 0.25) is 0 Å². The maximum atomic E-state index is 5.88. The minimum atomic E-state index is 0.563. The van der Waals surface area contributed by atoms with Crippen LogP contribution in [0.4, 0.5) is 5.95 Å². The number of nitrogens with zero attached hydrogens (tertiary/aromatic N) is 3. The highest BCUT2D eigenvalue weighted by Gasteiger charge is 2.20. The zero-order chi connectivity index (χ0) is 18.4. The van der Waals surface area contributed by atoms with Gasteiger partial charge in [-0.2, -0.15) is 0 Å². The summed E-state index contributed by atoms with van der Waals surface area (Å²) < 4.78 is 0. The molecular weight excluding hydrogens is 328 g/mol. The molecule has 1 aliphatic heterocycles. The fourth-order valence-corrected chi connectivity index (χ4v) is 3.87. The molecule has 2 N–H and O–H groups in total. The van der Waals surface area contributed by atoms with Crippen molar-refractivity contribution in [2.75, 3.05) is 18.0 Å². The second-order valence-corrected chi connectivity index (χ2v) is 7.57. The van der Waals surface area contributed by atoms with Crippen molar-refractivity contribution in [2.24, 2.45) is 5.73 Å². The van der Waals surface area contributed by atoms with Gasteiger partial charge >= 0.3 is 0 Å². The third kappa shape index (κ3) is 4.88. The summed E-state index contributed by atoms with van der Waals surface area (Å²) in [5.41, 5.74) is 9.65. The van der Waals surface area contributed by atoms with E-state index in [2.05, 4.69) is 31.9 Å². The predicted octanol–water partition coefficient (Wildman–Crippen LogP) is 4.81. The number of aryl methyl sites for hydroxylation is 1. The van der Waals surface area contributed by atoms with Gasteiger partial charge in [0.05, 0.1) is 5.69 Å². The maximum absolute atomic E-state index is 5.88. The van der Waals surface area contributed by atoms with Gasteiger partial charge in [0.15, 0.2) is 0 Å². The van der Waals surface area contributed by atoms with E-state index in [-0.39, 0.29) is 0 Å². The lowest BCUT2D eigenvalue weighted by atomic mass is 10.1. The lowest BCUT2D eigenvalue weighted by Gasteiger charge is -2.28. The molecule has 0 aliphatic carbocycles. The van der Waals surface area contributed by atoms with Crippen molar-refractivity contribution in [3.63, 3.8) is 0 Å². The number of thioether (sulfide) groups is 1. The predicted molar refractivity (Wildman–Crippen MR) is 111 cm³/mol. The number of allylic oxidation sites excluding steroid dienone is 1. The standard InChI is InChI=1S/C20H30N4S/c1-6-11-17-15(4)22-20(24-12-9-8-10-13-24)23-19(17)16(5)25-18(7-2)14(3)21/h7H,3,5-6,8-13,21H2,1-2,4H3/b18-7-. The van der Waals surface area contributed by atoms with Crippen molar-refractivity contribution < 1.29 is 0 Å². The Morgan fingerprint density at radius 1 is 1.24 bits per heavy atom. The molecule has 0 amide bonds. The average molecular weight is 359 g/mol. The van der Waals surface area contributed by atoms with Gasteiger partial charge < -0.3 is 10.6 Å². The molecule has 0 radical (unpaired) electrons. The summed E-state index contributed by atoms with van der Waals surface area (Å²) in [5, 5.41) is 0. The molecule has 0 bridgehead atoms. The minimum Gasteiger partial charge on any atom is -0.398 e. The Morgan fingerprint density at radius 2 is 1.92 bits per heavy atom. The molecular formula is C20H30N4S. The van der Waals surface area contributed by atoms with E-state index in [9.17, 15) is 0 Å². The average Bonchev–Trinajstić information content (AvgIpc) is 2.61. The molecule has 1 fully saturated rings. The SMILES string of the molecule is C=C(N)/C(=C/C)SC(=C)c1nc(N2CCCCC2)nc(C)c1CCC. The molecule has 1 aromatic heterocycles. The van der Waals surface area contributed by atoms with Crippen LogP contribution in [0.1, 0.15) is 56.5 Å². The molecule has 136 valence electrons. The van der Waals surface area contributed by atoms with Gasteiger partial charge in [-0.15, -0.1) is 0 Å². The molecule has 1 aromatic rings. The van der Waals surface area contributed by atoms with Crippen LogP contribution in [0.25, 0.3) is 4.91 Å². The molecule has 0 atom stereocenters.